The van der Waals surface area contributed by atoms with Crippen LogP contribution in [0.1, 0.15) is 13.3 Å². The summed E-state index contributed by atoms with van der Waals surface area (Å²) in [5, 5.41) is 2.66. The number of rotatable bonds is 0. The molecular weight excluding hydrogens is 264 g/mol. The van der Waals surface area contributed by atoms with Gasteiger partial charge in [0.2, 0.25) is 0 Å². The van der Waals surface area contributed by atoms with Crippen LogP contribution in [0.25, 0.3) is 10.8 Å². The van der Waals surface area contributed by atoms with Gasteiger partial charge in [-0.1, -0.05) is 6.07 Å². The second kappa shape index (κ2) is 13.3. The third-order valence-corrected chi connectivity index (χ3v) is 2.13. The van der Waals surface area contributed by atoms with Crippen LogP contribution in [0.3, 0.4) is 0 Å². The van der Waals surface area contributed by atoms with Gasteiger partial charge in [-0.3, -0.25) is 6.08 Å². The zero-order valence-electron chi connectivity index (χ0n) is 12.1. The van der Waals surface area contributed by atoms with Gasteiger partial charge >= 0.3 is 31.2 Å². The molecule has 0 atom stereocenters. The maximum Gasteiger partial charge on any atom is -0.0809 e. The van der Waals surface area contributed by atoms with Crippen LogP contribution in [0.4, 0.5) is 0 Å². The van der Waals surface area contributed by atoms with Gasteiger partial charge in [-0.2, -0.15) is 23.6 Å². The van der Waals surface area contributed by atoms with Crippen molar-refractivity contribution in [3.8, 4) is 0 Å². The van der Waals surface area contributed by atoms with E-state index in [1.807, 2.05) is 43.4 Å². The number of hydrogen-bond donors (Lipinski definition) is 0. The average molecular weight is 286 g/mol. The summed E-state index contributed by atoms with van der Waals surface area (Å²) in [6.07, 6.45) is 10.0. The van der Waals surface area contributed by atoms with Gasteiger partial charge in [0.25, 0.3) is 0 Å². The number of fused-ring (bicyclic) bond motifs is 1. The minimum Gasteiger partial charge on any atom is -0.358 e. The van der Waals surface area contributed by atoms with Crippen molar-refractivity contribution in [3.05, 3.63) is 81.6 Å². The summed E-state index contributed by atoms with van der Waals surface area (Å²) in [5.74, 6) is 0. The van der Waals surface area contributed by atoms with E-state index < -0.39 is 0 Å². The summed E-state index contributed by atoms with van der Waals surface area (Å²) < 4.78 is 2.00. The molecule has 1 aliphatic carbocycles. The van der Waals surface area contributed by atoms with Gasteiger partial charge in [-0.15, -0.1) is 36.1 Å². The Bertz CT molecular complexity index is 449. The number of hydrogen-bond acceptors (Lipinski definition) is 0. The molecule has 102 valence electrons. The Balaban J connectivity index is 0. The van der Waals surface area contributed by atoms with Crippen molar-refractivity contribution in [2.45, 2.75) is 13.3 Å². The minimum atomic E-state index is 0. The van der Waals surface area contributed by atoms with Crippen molar-refractivity contribution in [1.29, 1.82) is 0 Å². The quantitative estimate of drug-likeness (QED) is 0.466. The first-order valence-electron chi connectivity index (χ1n) is 5.65. The van der Waals surface area contributed by atoms with E-state index in [0.717, 1.165) is 6.42 Å². The molecule has 0 radical (unpaired) electrons. The monoisotopic (exact) mass is 286 g/mol. The van der Waals surface area contributed by atoms with Gasteiger partial charge in [0.05, 0.1) is 0 Å². The van der Waals surface area contributed by atoms with E-state index in [-0.39, 0.29) is 14.9 Å². The molecule has 19 heavy (non-hydrogen) atoms. The van der Waals surface area contributed by atoms with Crippen LogP contribution in [0.2, 0.25) is 0 Å². The molecule has 1 aliphatic rings. The van der Waals surface area contributed by atoms with Gasteiger partial charge < -0.3 is 14.9 Å². The summed E-state index contributed by atoms with van der Waals surface area (Å²) in [6, 6.07) is 14.7. The smallest absolute Gasteiger partial charge is 0.0809 e. The van der Waals surface area contributed by atoms with Crippen LogP contribution in [0.5, 0.6) is 0 Å². The van der Waals surface area contributed by atoms with Crippen LogP contribution < -0.4 is 0 Å². The molecule has 0 heterocycles. The van der Waals surface area contributed by atoms with E-state index in [4.69, 9.17) is 0 Å². The van der Waals surface area contributed by atoms with E-state index >= 15 is 0 Å². The zero-order chi connectivity index (χ0) is 12.3. The molecule has 0 aliphatic heterocycles. The Hall–Kier alpha value is -1.11. The Morgan fingerprint density at radius 3 is 2.37 bits per heavy atom. The third-order valence-electron chi connectivity index (χ3n) is 2.13. The Morgan fingerprint density at radius 2 is 1.89 bits per heavy atom. The van der Waals surface area contributed by atoms with Crippen LogP contribution in [-0.4, -0.2) is 4.31 Å². The minimum absolute atomic E-state index is 0. The normalized spacial score (nSPS) is 10.1. The molecule has 0 N–H and O–H groups in total. The molecule has 0 spiro atoms. The summed E-state index contributed by atoms with van der Waals surface area (Å²) in [4.78, 5) is 0. The first-order chi connectivity index (χ1) is 8.38. The molecule has 0 bridgehead atoms. The molecule has 0 saturated heterocycles. The van der Waals surface area contributed by atoms with Crippen molar-refractivity contribution in [1.82, 2.24) is 0 Å². The zero-order valence-corrected chi connectivity index (χ0v) is 13.6. The first kappa shape index (κ1) is 20.2. The van der Waals surface area contributed by atoms with Gasteiger partial charge in [-0.25, -0.2) is 12.2 Å². The average Bonchev–Trinajstić information content (AvgIpc) is 3.05. The van der Waals surface area contributed by atoms with E-state index in [9.17, 15) is 0 Å². The van der Waals surface area contributed by atoms with E-state index in [0.29, 0.717) is 0 Å². The predicted molar refractivity (Wildman–Crippen MR) is 85.7 cm³/mol. The SMILES string of the molecule is C[CH]=[Ti].[C-]1=CC=CC1.[CH3-].[CH3-].c1ccc2[cH-]ccc2c1. The summed E-state index contributed by atoms with van der Waals surface area (Å²) >= 11 is 2.00. The maximum atomic E-state index is 2.99. The molecule has 0 saturated carbocycles. The summed E-state index contributed by atoms with van der Waals surface area (Å²) in [5.41, 5.74) is 0. The van der Waals surface area contributed by atoms with Crippen molar-refractivity contribution in [3.63, 3.8) is 0 Å². The van der Waals surface area contributed by atoms with Crippen molar-refractivity contribution in [2.75, 3.05) is 0 Å². The Kier molecular flexibility index (Phi) is 14.2. The molecule has 0 aromatic heterocycles. The Morgan fingerprint density at radius 1 is 1.21 bits per heavy atom. The van der Waals surface area contributed by atoms with Crippen molar-refractivity contribution < 1.29 is 20.0 Å². The fourth-order valence-corrected chi connectivity index (χ4v) is 1.41. The van der Waals surface area contributed by atoms with E-state index in [2.05, 4.69) is 54.6 Å². The largest absolute Gasteiger partial charge is 0.358 e. The fourth-order valence-electron chi connectivity index (χ4n) is 1.41. The number of allylic oxidation sites excluding steroid dienone is 4. The predicted octanol–water partition coefficient (Wildman–Crippen LogP) is 5.12. The number of benzene rings is 1. The molecule has 0 fully saturated rings. The van der Waals surface area contributed by atoms with Gasteiger partial charge in [0, 0.05) is 0 Å². The van der Waals surface area contributed by atoms with Gasteiger partial charge in [0.15, 0.2) is 0 Å². The van der Waals surface area contributed by atoms with Crippen LogP contribution in [0, 0.1) is 20.9 Å². The van der Waals surface area contributed by atoms with E-state index in [1.165, 1.54) is 10.8 Å². The summed E-state index contributed by atoms with van der Waals surface area (Å²) in [6.45, 7) is 2.00. The molecule has 2 aromatic rings. The van der Waals surface area contributed by atoms with Crippen molar-refractivity contribution >= 4 is 15.1 Å². The molecule has 2 aromatic carbocycles. The van der Waals surface area contributed by atoms with Crippen LogP contribution in [0.15, 0.2) is 60.7 Å². The van der Waals surface area contributed by atoms with E-state index in [1.54, 1.807) is 0 Å². The second-order valence-corrected chi connectivity index (χ2v) is 4.35. The second-order valence-electron chi connectivity index (χ2n) is 3.45. The Labute approximate surface area is 130 Å². The molecule has 0 nitrogen and oxygen atoms in total. The standard InChI is InChI=1S/C9H7.C5H5.C2H4.2CH3.Ti/c1-2-5-9-7-3-6-8(9)4-1;1-2-4-5-3-1;1-2;;;/h1-7H;1-3H,4H2;1H,2H3;2*1H3;/q2*-1;;2*-1;. The fraction of sp³-hybridized carbons (Fsp3) is 0.111. The van der Waals surface area contributed by atoms with Gasteiger partial charge in [0.1, 0.15) is 0 Å². The van der Waals surface area contributed by atoms with Crippen molar-refractivity contribution in [2.24, 2.45) is 0 Å². The summed E-state index contributed by atoms with van der Waals surface area (Å²) in [7, 11) is 0. The molecule has 0 unspecified atom stereocenters. The molecular formula is C18H22Ti-4. The molecule has 1 heteroatoms. The maximum absolute atomic E-state index is 2.99. The first-order valence-corrected chi connectivity index (χ1v) is 6.56. The topological polar surface area (TPSA) is 0 Å². The van der Waals surface area contributed by atoms with Crippen LogP contribution >= 0.6 is 0 Å². The third kappa shape index (κ3) is 8.58. The molecule has 0 amide bonds. The van der Waals surface area contributed by atoms with Crippen LogP contribution in [-0.2, 0) is 20.0 Å². The molecule has 3 rings (SSSR count). The van der Waals surface area contributed by atoms with Gasteiger partial charge in [-0.05, 0) is 0 Å².